The summed E-state index contributed by atoms with van der Waals surface area (Å²) in [4.78, 5) is 26.7. The number of rotatable bonds is 2. The SMILES string of the molecule is COC(=O)C1CCC(n2c(=O)[nH]c3cccc(Br)c32)CC1. The van der Waals surface area contributed by atoms with Gasteiger partial charge in [0, 0.05) is 10.5 Å². The number of carbonyl (C=O) groups is 1. The maximum atomic E-state index is 12.3. The first-order valence-electron chi connectivity index (χ1n) is 7.08. The second-order valence-electron chi connectivity index (χ2n) is 5.46. The number of hydrogen-bond acceptors (Lipinski definition) is 3. The summed E-state index contributed by atoms with van der Waals surface area (Å²) in [7, 11) is 1.43. The van der Waals surface area contributed by atoms with Crippen molar-refractivity contribution in [2.24, 2.45) is 5.92 Å². The zero-order valence-corrected chi connectivity index (χ0v) is 13.4. The van der Waals surface area contributed by atoms with Gasteiger partial charge in [0.25, 0.3) is 0 Å². The first-order chi connectivity index (χ1) is 10.1. The van der Waals surface area contributed by atoms with Crippen molar-refractivity contribution in [3.63, 3.8) is 0 Å². The molecule has 0 saturated heterocycles. The van der Waals surface area contributed by atoms with Crippen LogP contribution in [0.2, 0.25) is 0 Å². The molecule has 0 aliphatic heterocycles. The molecule has 1 aliphatic rings. The third kappa shape index (κ3) is 2.52. The van der Waals surface area contributed by atoms with Crippen molar-refractivity contribution in [3.8, 4) is 0 Å². The fraction of sp³-hybridized carbons (Fsp3) is 0.467. The topological polar surface area (TPSA) is 64.1 Å². The molecule has 0 unspecified atom stereocenters. The maximum absolute atomic E-state index is 12.3. The summed E-state index contributed by atoms with van der Waals surface area (Å²) in [5.74, 6) is -0.170. The molecule has 1 fully saturated rings. The molecule has 5 nitrogen and oxygen atoms in total. The number of halogens is 1. The fourth-order valence-electron chi connectivity index (χ4n) is 3.22. The molecule has 1 heterocycles. The number of ether oxygens (including phenoxy) is 1. The third-order valence-electron chi connectivity index (χ3n) is 4.28. The van der Waals surface area contributed by atoms with Crippen molar-refractivity contribution in [2.75, 3.05) is 7.11 Å². The number of aromatic nitrogens is 2. The molecule has 6 heteroatoms. The summed E-state index contributed by atoms with van der Waals surface area (Å²) in [5.41, 5.74) is 1.66. The van der Waals surface area contributed by atoms with Crippen LogP contribution in [-0.2, 0) is 9.53 Å². The number of para-hydroxylation sites is 1. The van der Waals surface area contributed by atoms with Crippen LogP contribution in [0.3, 0.4) is 0 Å². The Hall–Kier alpha value is -1.56. The average molecular weight is 353 g/mol. The second kappa shape index (κ2) is 5.67. The summed E-state index contributed by atoms with van der Waals surface area (Å²) in [6.45, 7) is 0. The number of esters is 1. The predicted octanol–water partition coefficient (Wildman–Crippen LogP) is 3.00. The van der Waals surface area contributed by atoms with Gasteiger partial charge in [-0.15, -0.1) is 0 Å². The average Bonchev–Trinajstić information content (AvgIpc) is 2.84. The molecule has 3 rings (SSSR count). The third-order valence-corrected chi connectivity index (χ3v) is 4.92. The number of benzene rings is 1. The Morgan fingerprint density at radius 1 is 1.33 bits per heavy atom. The first kappa shape index (κ1) is 14.4. The van der Waals surface area contributed by atoms with Crippen LogP contribution in [0.15, 0.2) is 27.5 Å². The molecule has 21 heavy (non-hydrogen) atoms. The van der Waals surface area contributed by atoms with Gasteiger partial charge in [-0.1, -0.05) is 6.07 Å². The first-order valence-corrected chi connectivity index (χ1v) is 7.87. The molecule has 1 saturated carbocycles. The van der Waals surface area contributed by atoms with Gasteiger partial charge in [-0.2, -0.15) is 0 Å². The lowest BCUT2D eigenvalue weighted by Crippen LogP contribution is -2.29. The minimum Gasteiger partial charge on any atom is -0.469 e. The van der Waals surface area contributed by atoms with E-state index in [9.17, 15) is 9.59 Å². The summed E-state index contributed by atoms with van der Waals surface area (Å²) >= 11 is 3.52. The lowest BCUT2D eigenvalue weighted by Gasteiger charge is -2.27. The summed E-state index contributed by atoms with van der Waals surface area (Å²) < 4.78 is 7.54. The number of fused-ring (bicyclic) bond motifs is 1. The fourth-order valence-corrected chi connectivity index (χ4v) is 3.78. The Labute approximate surface area is 130 Å². The number of nitrogens with zero attached hydrogens (tertiary/aromatic N) is 1. The highest BCUT2D eigenvalue weighted by Crippen LogP contribution is 2.35. The molecule has 0 amide bonds. The maximum Gasteiger partial charge on any atom is 0.326 e. The molecule has 2 aromatic rings. The number of hydrogen-bond donors (Lipinski definition) is 1. The van der Waals surface area contributed by atoms with Gasteiger partial charge in [-0.05, 0) is 53.7 Å². The van der Waals surface area contributed by atoms with Gasteiger partial charge in [0.15, 0.2) is 0 Å². The highest BCUT2D eigenvalue weighted by Gasteiger charge is 2.29. The van der Waals surface area contributed by atoms with Gasteiger partial charge in [-0.3, -0.25) is 9.36 Å². The lowest BCUT2D eigenvalue weighted by molar-refractivity contribution is -0.146. The smallest absolute Gasteiger partial charge is 0.326 e. The predicted molar refractivity (Wildman–Crippen MR) is 83.3 cm³/mol. The van der Waals surface area contributed by atoms with E-state index < -0.39 is 0 Å². The van der Waals surface area contributed by atoms with E-state index in [-0.39, 0.29) is 23.6 Å². The molecule has 0 bridgehead atoms. The molecule has 1 N–H and O–H groups in total. The standard InChI is InChI=1S/C15H17BrN2O3/c1-21-14(19)9-5-7-10(8-6-9)18-13-11(16)3-2-4-12(13)17-15(18)20/h2-4,9-10H,5-8H2,1H3,(H,17,20). The van der Waals surface area contributed by atoms with E-state index in [1.54, 1.807) is 0 Å². The van der Waals surface area contributed by atoms with E-state index >= 15 is 0 Å². The van der Waals surface area contributed by atoms with E-state index in [0.717, 1.165) is 41.2 Å². The van der Waals surface area contributed by atoms with Crippen LogP contribution in [0.4, 0.5) is 0 Å². The van der Waals surface area contributed by atoms with Gasteiger partial charge in [-0.25, -0.2) is 4.79 Å². The Morgan fingerprint density at radius 3 is 2.71 bits per heavy atom. The number of aromatic amines is 1. The normalized spacial score (nSPS) is 22.4. The molecule has 0 atom stereocenters. The molecule has 112 valence electrons. The molecule has 1 aliphatic carbocycles. The highest BCUT2D eigenvalue weighted by atomic mass is 79.9. The Morgan fingerprint density at radius 2 is 2.05 bits per heavy atom. The van der Waals surface area contributed by atoms with Crippen molar-refractivity contribution >= 4 is 32.9 Å². The Kier molecular flexibility index (Phi) is 3.89. The molecule has 0 spiro atoms. The van der Waals surface area contributed by atoms with E-state index in [2.05, 4.69) is 20.9 Å². The van der Waals surface area contributed by atoms with E-state index in [1.165, 1.54) is 7.11 Å². The van der Waals surface area contributed by atoms with E-state index in [4.69, 9.17) is 4.74 Å². The zero-order valence-electron chi connectivity index (χ0n) is 11.8. The quantitative estimate of drug-likeness (QED) is 0.845. The zero-order chi connectivity index (χ0) is 15.0. The second-order valence-corrected chi connectivity index (χ2v) is 6.32. The van der Waals surface area contributed by atoms with Gasteiger partial charge in [0.1, 0.15) is 0 Å². The van der Waals surface area contributed by atoms with Gasteiger partial charge < -0.3 is 9.72 Å². The van der Waals surface area contributed by atoms with Crippen LogP contribution < -0.4 is 5.69 Å². The van der Waals surface area contributed by atoms with Crippen molar-refractivity contribution < 1.29 is 9.53 Å². The Bertz CT molecular complexity index is 726. The van der Waals surface area contributed by atoms with E-state index in [1.807, 2.05) is 22.8 Å². The number of carbonyl (C=O) groups excluding carboxylic acids is 1. The number of H-pyrrole nitrogens is 1. The minimum absolute atomic E-state index is 0.0319. The van der Waals surface area contributed by atoms with Crippen LogP contribution in [0, 0.1) is 5.92 Å². The van der Waals surface area contributed by atoms with Crippen LogP contribution >= 0.6 is 15.9 Å². The van der Waals surface area contributed by atoms with Crippen molar-refractivity contribution in [1.82, 2.24) is 9.55 Å². The summed E-state index contributed by atoms with van der Waals surface area (Å²) in [6.07, 6.45) is 3.16. The Balaban J connectivity index is 1.91. The molecule has 0 radical (unpaired) electrons. The van der Waals surface area contributed by atoms with Crippen molar-refractivity contribution in [2.45, 2.75) is 31.7 Å². The van der Waals surface area contributed by atoms with Gasteiger partial charge in [0.2, 0.25) is 0 Å². The summed E-state index contributed by atoms with van der Waals surface area (Å²) in [5, 5.41) is 0. The number of methoxy groups -OCH3 is 1. The van der Waals surface area contributed by atoms with Crippen LogP contribution in [-0.4, -0.2) is 22.6 Å². The summed E-state index contributed by atoms with van der Waals surface area (Å²) in [6, 6.07) is 5.87. The van der Waals surface area contributed by atoms with Gasteiger partial charge >= 0.3 is 11.7 Å². The molecule has 1 aromatic heterocycles. The van der Waals surface area contributed by atoms with Gasteiger partial charge in [0.05, 0.1) is 24.1 Å². The lowest BCUT2D eigenvalue weighted by atomic mass is 9.86. The monoisotopic (exact) mass is 352 g/mol. The van der Waals surface area contributed by atoms with E-state index in [0.29, 0.717) is 0 Å². The molecule has 1 aromatic carbocycles. The minimum atomic E-state index is -0.138. The number of nitrogens with one attached hydrogen (secondary N) is 1. The molecular formula is C15H17BrN2O3. The highest BCUT2D eigenvalue weighted by molar-refractivity contribution is 9.10. The van der Waals surface area contributed by atoms with Crippen molar-refractivity contribution in [1.29, 1.82) is 0 Å². The molecular weight excluding hydrogens is 336 g/mol. The van der Waals surface area contributed by atoms with Crippen LogP contribution in [0.5, 0.6) is 0 Å². The largest absolute Gasteiger partial charge is 0.469 e. The van der Waals surface area contributed by atoms with Crippen LogP contribution in [0.1, 0.15) is 31.7 Å². The van der Waals surface area contributed by atoms with Crippen molar-refractivity contribution in [3.05, 3.63) is 33.2 Å². The number of imidazole rings is 1. The van der Waals surface area contributed by atoms with Crippen LogP contribution in [0.25, 0.3) is 11.0 Å².